The Balaban J connectivity index is 3.39. The van der Waals surface area contributed by atoms with Gasteiger partial charge >= 0.3 is 0 Å². The molecule has 0 rings (SSSR count). The van der Waals surface area contributed by atoms with E-state index in [9.17, 15) is 4.79 Å². The highest BCUT2D eigenvalue weighted by Gasteiger charge is 2.04. The Morgan fingerprint density at radius 1 is 1.36 bits per heavy atom. The summed E-state index contributed by atoms with van der Waals surface area (Å²) in [5.74, 6) is 1.84. The van der Waals surface area contributed by atoms with Gasteiger partial charge in [-0.25, -0.2) is 0 Å². The monoisotopic (exact) mass is 218 g/mol. The predicted octanol–water partition coefficient (Wildman–Crippen LogP) is 1.10. The molecule has 1 unspecified atom stereocenters. The van der Waals surface area contributed by atoms with Gasteiger partial charge in [-0.3, -0.25) is 4.79 Å². The van der Waals surface area contributed by atoms with Gasteiger partial charge in [-0.15, -0.1) is 0 Å². The van der Waals surface area contributed by atoms with Gasteiger partial charge in [0, 0.05) is 6.04 Å². The Bertz CT molecular complexity index is 162. The summed E-state index contributed by atoms with van der Waals surface area (Å²) in [7, 11) is 0. The van der Waals surface area contributed by atoms with Crippen molar-refractivity contribution in [1.82, 2.24) is 10.6 Å². The summed E-state index contributed by atoms with van der Waals surface area (Å²) in [6.45, 7) is 7.45. The van der Waals surface area contributed by atoms with Gasteiger partial charge in [0.15, 0.2) is 0 Å². The molecule has 3 nitrogen and oxygen atoms in total. The summed E-state index contributed by atoms with van der Waals surface area (Å²) >= 11 is 1.84. The fourth-order valence-corrected chi connectivity index (χ4v) is 1.84. The molecule has 0 spiro atoms. The van der Waals surface area contributed by atoms with E-state index in [-0.39, 0.29) is 11.9 Å². The first-order chi connectivity index (χ1) is 6.56. The topological polar surface area (TPSA) is 41.1 Å². The van der Waals surface area contributed by atoms with Crippen LogP contribution < -0.4 is 10.6 Å². The van der Waals surface area contributed by atoms with E-state index in [1.165, 1.54) is 0 Å². The number of hydrogen-bond donors (Lipinski definition) is 2. The molecule has 84 valence electrons. The molecule has 1 atom stereocenters. The number of thioether (sulfide) groups is 1. The van der Waals surface area contributed by atoms with Crippen molar-refractivity contribution in [2.75, 3.05) is 25.1 Å². The van der Waals surface area contributed by atoms with Gasteiger partial charge in [0.25, 0.3) is 0 Å². The second kappa shape index (κ2) is 8.12. The SMILES string of the molecule is CSCC(C)CNCC(=O)NC(C)C. The quantitative estimate of drug-likeness (QED) is 0.672. The van der Waals surface area contributed by atoms with E-state index in [1.807, 2.05) is 25.6 Å². The smallest absolute Gasteiger partial charge is 0.234 e. The largest absolute Gasteiger partial charge is 0.353 e. The molecule has 0 aliphatic heterocycles. The van der Waals surface area contributed by atoms with E-state index in [0.717, 1.165) is 12.3 Å². The summed E-state index contributed by atoms with van der Waals surface area (Å²) in [6, 6.07) is 0.230. The molecule has 0 fully saturated rings. The van der Waals surface area contributed by atoms with Crippen LogP contribution in [0.2, 0.25) is 0 Å². The lowest BCUT2D eigenvalue weighted by molar-refractivity contribution is -0.120. The summed E-state index contributed by atoms with van der Waals surface area (Å²) in [6.07, 6.45) is 2.10. The molecule has 0 aromatic heterocycles. The first-order valence-corrected chi connectivity index (χ1v) is 6.44. The molecule has 14 heavy (non-hydrogen) atoms. The van der Waals surface area contributed by atoms with Crippen LogP contribution in [0.4, 0.5) is 0 Å². The van der Waals surface area contributed by atoms with Crippen molar-refractivity contribution >= 4 is 17.7 Å². The van der Waals surface area contributed by atoms with E-state index >= 15 is 0 Å². The fraction of sp³-hybridized carbons (Fsp3) is 0.900. The number of rotatable bonds is 7. The van der Waals surface area contributed by atoms with Crippen LogP contribution in [0.25, 0.3) is 0 Å². The van der Waals surface area contributed by atoms with Crippen molar-refractivity contribution in [3.8, 4) is 0 Å². The second-order valence-corrected chi connectivity index (χ2v) is 4.82. The highest BCUT2D eigenvalue weighted by Crippen LogP contribution is 2.01. The number of nitrogens with one attached hydrogen (secondary N) is 2. The normalized spacial score (nSPS) is 12.9. The highest BCUT2D eigenvalue weighted by molar-refractivity contribution is 7.98. The van der Waals surface area contributed by atoms with Crippen LogP contribution in [0.15, 0.2) is 0 Å². The standard InChI is InChI=1S/C10H22N2OS/c1-8(2)12-10(13)6-11-5-9(3)7-14-4/h8-9,11H,5-7H2,1-4H3,(H,12,13). The molecule has 4 heteroatoms. The zero-order valence-corrected chi connectivity index (χ0v) is 10.4. The minimum atomic E-state index is 0.0800. The Morgan fingerprint density at radius 3 is 2.50 bits per heavy atom. The summed E-state index contributed by atoms with van der Waals surface area (Å²) in [5, 5.41) is 5.99. The van der Waals surface area contributed by atoms with Crippen LogP contribution in [-0.4, -0.2) is 37.0 Å². The Hall–Kier alpha value is -0.220. The Morgan fingerprint density at radius 2 is 2.00 bits per heavy atom. The number of amides is 1. The molecule has 0 aromatic carbocycles. The molecule has 0 saturated heterocycles. The molecule has 1 amide bonds. The van der Waals surface area contributed by atoms with Crippen LogP contribution >= 0.6 is 11.8 Å². The lowest BCUT2D eigenvalue weighted by Gasteiger charge is -2.12. The van der Waals surface area contributed by atoms with Crippen molar-refractivity contribution in [1.29, 1.82) is 0 Å². The third-order valence-corrected chi connectivity index (χ3v) is 2.58. The number of carbonyl (C=O) groups is 1. The predicted molar refractivity (Wildman–Crippen MR) is 63.7 cm³/mol. The van der Waals surface area contributed by atoms with Crippen LogP contribution in [0.3, 0.4) is 0 Å². The number of hydrogen-bond acceptors (Lipinski definition) is 3. The number of carbonyl (C=O) groups excluding carboxylic acids is 1. The van der Waals surface area contributed by atoms with Gasteiger partial charge in [-0.2, -0.15) is 11.8 Å². The van der Waals surface area contributed by atoms with Crippen molar-refractivity contribution < 1.29 is 4.79 Å². The lowest BCUT2D eigenvalue weighted by Crippen LogP contribution is -2.39. The van der Waals surface area contributed by atoms with Gasteiger partial charge in [0.2, 0.25) is 5.91 Å². The van der Waals surface area contributed by atoms with Gasteiger partial charge < -0.3 is 10.6 Å². The Labute approximate surface area is 91.4 Å². The molecule has 0 heterocycles. The molecule has 0 aliphatic rings. The first-order valence-electron chi connectivity index (χ1n) is 5.05. The van der Waals surface area contributed by atoms with Crippen molar-refractivity contribution in [2.24, 2.45) is 5.92 Å². The molecule has 0 saturated carbocycles. The van der Waals surface area contributed by atoms with Crippen LogP contribution in [0, 0.1) is 5.92 Å². The molecular weight excluding hydrogens is 196 g/mol. The fourth-order valence-electron chi connectivity index (χ4n) is 1.15. The average Bonchev–Trinajstić information content (AvgIpc) is 2.02. The van der Waals surface area contributed by atoms with Crippen LogP contribution in [0.5, 0.6) is 0 Å². The zero-order chi connectivity index (χ0) is 11.0. The summed E-state index contributed by atoms with van der Waals surface area (Å²) in [5.41, 5.74) is 0. The third kappa shape index (κ3) is 8.38. The maximum absolute atomic E-state index is 11.2. The van der Waals surface area contributed by atoms with E-state index in [2.05, 4.69) is 23.8 Å². The summed E-state index contributed by atoms with van der Waals surface area (Å²) in [4.78, 5) is 11.2. The van der Waals surface area contributed by atoms with Crippen LogP contribution in [0.1, 0.15) is 20.8 Å². The maximum atomic E-state index is 11.2. The van der Waals surface area contributed by atoms with Gasteiger partial charge in [-0.05, 0) is 38.3 Å². The molecule has 2 N–H and O–H groups in total. The minimum absolute atomic E-state index is 0.0800. The van der Waals surface area contributed by atoms with Crippen molar-refractivity contribution in [3.63, 3.8) is 0 Å². The second-order valence-electron chi connectivity index (χ2n) is 3.91. The van der Waals surface area contributed by atoms with Crippen molar-refractivity contribution in [3.05, 3.63) is 0 Å². The zero-order valence-electron chi connectivity index (χ0n) is 9.59. The third-order valence-electron chi connectivity index (χ3n) is 1.68. The average molecular weight is 218 g/mol. The van der Waals surface area contributed by atoms with E-state index in [0.29, 0.717) is 12.5 Å². The van der Waals surface area contributed by atoms with Crippen LogP contribution in [-0.2, 0) is 4.79 Å². The molecule has 0 aromatic rings. The van der Waals surface area contributed by atoms with E-state index in [4.69, 9.17) is 0 Å². The maximum Gasteiger partial charge on any atom is 0.234 e. The van der Waals surface area contributed by atoms with Gasteiger partial charge in [0.05, 0.1) is 6.54 Å². The van der Waals surface area contributed by atoms with Gasteiger partial charge in [-0.1, -0.05) is 6.92 Å². The van der Waals surface area contributed by atoms with E-state index < -0.39 is 0 Å². The summed E-state index contributed by atoms with van der Waals surface area (Å²) < 4.78 is 0. The molecular formula is C10H22N2OS. The minimum Gasteiger partial charge on any atom is -0.353 e. The highest BCUT2D eigenvalue weighted by atomic mass is 32.2. The molecule has 0 bridgehead atoms. The first kappa shape index (κ1) is 13.8. The molecule has 0 radical (unpaired) electrons. The molecule has 0 aliphatic carbocycles. The lowest BCUT2D eigenvalue weighted by atomic mass is 10.2. The van der Waals surface area contributed by atoms with Gasteiger partial charge in [0.1, 0.15) is 0 Å². The van der Waals surface area contributed by atoms with Crippen molar-refractivity contribution in [2.45, 2.75) is 26.8 Å². The Kier molecular flexibility index (Phi) is 7.99. The van der Waals surface area contributed by atoms with E-state index in [1.54, 1.807) is 0 Å².